The Morgan fingerprint density at radius 2 is 2.11 bits per heavy atom. The molecule has 3 rings (SSSR count). The minimum atomic E-state index is -0.327. The Morgan fingerprint density at radius 1 is 1.33 bits per heavy atom. The fraction of sp³-hybridized carbons (Fsp3) is 0.385. The molecule has 1 saturated heterocycles. The van der Waals surface area contributed by atoms with E-state index in [2.05, 4.69) is 0 Å². The lowest BCUT2D eigenvalue weighted by molar-refractivity contribution is 0.0484. The molecule has 5 nitrogen and oxygen atoms in total. The molecule has 1 fully saturated rings. The van der Waals surface area contributed by atoms with Crippen molar-refractivity contribution in [3.8, 4) is 0 Å². The van der Waals surface area contributed by atoms with Crippen LogP contribution in [0, 0.1) is 0 Å². The third kappa shape index (κ3) is 1.47. The molecule has 18 heavy (non-hydrogen) atoms. The molecule has 1 atom stereocenters. The molecule has 0 radical (unpaired) electrons. The maximum Gasteiger partial charge on any atom is 0.409 e. The zero-order valence-corrected chi connectivity index (χ0v) is 10.1. The van der Waals surface area contributed by atoms with Gasteiger partial charge in [-0.15, -0.1) is 0 Å². The van der Waals surface area contributed by atoms with E-state index >= 15 is 0 Å². The number of nitrogens with zero attached hydrogens (tertiary/aromatic N) is 2. The lowest BCUT2D eigenvalue weighted by atomic mass is 10.0. The number of ether oxygens (including phenoxy) is 1. The first-order chi connectivity index (χ1) is 8.72. The van der Waals surface area contributed by atoms with Gasteiger partial charge >= 0.3 is 6.09 Å². The van der Waals surface area contributed by atoms with Crippen molar-refractivity contribution < 1.29 is 14.3 Å². The molecule has 0 N–H and O–H groups in total. The molecule has 5 heteroatoms. The molecule has 0 aromatic heterocycles. The van der Waals surface area contributed by atoms with Gasteiger partial charge in [0.25, 0.3) is 5.91 Å². The Morgan fingerprint density at radius 3 is 2.89 bits per heavy atom. The maximum absolute atomic E-state index is 12.2. The summed E-state index contributed by atoms with van der Waals surface area (Å²) < 4.78 is 4.74. The number of amides is 2. The Labute approximate surface area is 105 Å². The van der Waals surface area contributed by atoms with Crippen LogP contribution in [0.2, 0.25) is 0 Å². The summed E-state index contributed by atoms with van der Waals surface area (Å²) in [6.45, 7) is 1.60. The number of methoxy groups -OCH3 is 1. The molecule has 1 aromatic carbocycles. The number of rotatable bonds is 0. The maximum atomic E-state index is 12.2. The van der Waals surface area contributed by atoms with Crippen LogP contribution in [0.25, 0.3) is 0 Å². The summed E-state index contributed by atoms with van der Waals surface area (Å²) in [6, 6.07) is 7.57. The van der Waals surface area contributed by atoms with Gasteiger partial charge in [0.15, 0.2) is 0 Å². The topological polar surface area (TPSA) is 49.9 Å². The van der Waals surface area contributed by atoms with Crippen molar-refractivity contribution in [2.45, 2.75) is 6.04 Å². The molecule has 0 saturated carbocycles. The van der Waals surface area contributed by atoms with Gasteiger partial charge in [-0.25, -0.2) is 4.79 Å². The monoisotopic (exact) mass is 246 g/mol. The SMILES string of the molecule is COC(=O)N1CCN2C(=O)c3ccccc3[C@H]2C1. The summed E-state index contributed by atoms with van der Waals surface area (Å²) in [4.78, 5) is 27.2. The van der Waals surface area contributed by atoms with Gasteiger partial charge in [0.05, 0.1) is 13.2 Å². The van der Waals surface area contributed by atoms with Gasteiger partial charge in [-0.05, 0) is 11.6 Å². The molecule has 0 aliphatic carbocycles. The van der Waals surface area contributed by atoms with Crippen LogP contribution in [0.15, 0.2) is 24.3 Å². The van der Waals surface area contributed by atoms with E-state index in [4.69, 9.17) is 4.74 Å². The third-order valence-electron chi connectivity index (χ3n) is 3.62. The lowest BCUT2D eigenvalue weighted by Gasteiger charge is -2.36. The molecule has 2 aliphatic rings. The summed E-state index contributed by atoms with van der Waals surface area (Å²) in [7, 11) is 1.38. The highest BCUT2D eigenvalue weighted by Gasteiger charge is 2.41. The molecule has 0 bridgehead atoms. The van der Waals surface area contributed by atoms with E-state index in [1.165, 1.54) is 7.11 Å². The number of piperazine rings is 1. The smallest absolute Gasteiger partial charge is 0.409 e. The van der Waals surface area contributed by atoms with Gasteiger partial charge in [0.2, 0.25) is 0 Å². The standard InChI is InChI=1S/C13H14N2O3/c1-18-13(17)14-6-7-15-11(8-14)9-4-2-3-5-10(9)12(15)16/h2-5,11H,6-8H2,1H3/t11-/m1/s1. The Hall–Kier alpha value is -2.04. The molecular weight excluding hydrogens is 232 g/mol. The molecule has 0 unspecified atom stereocenters. The Bertz CT molecular complexity index is 515. The summed E-state index contributed by atoms with van der Waals surface area (Å²) in [6.07, 6.45) is -0.327. The second-order valence-electron chi connectivity index (χ2n) is 4.52. The van der Waals surface area contributed by atoms with Crippen LogP contribution in [0.5, 0.6) is 0 Å². The quantitative estimate of drug-likeness (QED) is 0.692. The minimum Gasteiger partial charge on any atom is -0.453 e. The van der Waals surface area contributed by atoms with Gasteiger partial charge in [-0.1, -0.05) is 18.2 Å². The van der Waals surface area contributed by atoms with E-state index in [9.17, 15) is 9.59 Å². The number of benzene rings is 1. The number of carbonyl (C=O) groups is 2. The summed E-state index contributed by atoms with van der Waals surface area (Å²) in [5, 5.41) is 0. The van der Waals surface area contributed by atoms with E-state index in [0.29, 0.717) is 19.6 Å². The van der Waals surface area contributed by atoms with Crippen molar-refractivity contribution in [1.29, 1.82) is 0 Å². The van der Waals surface area contributed by atoms with Crippen LogP contribution in [-0.4, -0.2) is 48.5 Å². The van der Waals surface area contributed by atoms with E-state index in [-0.39, 0.29) is 18.0 Å². The molecule has 2 amide bonds. The van der Waals surface area contributed by atoms with Crippen molar-refractivity contribution in [2.75, 3.05) is 26.7 Å². The van der Waals surface area contributed by atoms with Crippen LogP contribution < -0.4 is 0 Å². The van der Waals surface area contributed by atoms with Gasteiger partial charge in [0.1, 0.15) is 0 Å². The average Bonchev–Trinajstić information content (AvgIpc) is 2.72. The van der Waals surface area contributed by atoms with E-state index in [1.54, 1.807) is 4.90 Å². The van der Waals surface area contributed by atoms with Crippen LogP contribution >= 0.6 is 0 Å². The second kappa shape index (κ2) is 4.01. The van der Waals surface area contributed by atoms with Crippen molar-refractivity contribution >= 4 is 12.0 Å². The fourth-order valence-corrected chi connectivity index (χ4v) is 2.72. The normalized spacial score (nSPS) is 21.6. The zero-order valence-electron chi connectivity index (χ0n) is 10.1. The van der Waals surface area contributed by atoms with Crippen LogP contribution in [0.1, 0.15) is 22.0 Å². The van der Waals surface area contributed by atoms with Crippen molar-refractivity contribution in [3.63, 3.8) is 0 Å². The summed E-state index contributed by atoms with van der Waals surface area (Å²) in [5.41, 5.74) is 1.77. The average molecular weight is 246 g/mol. The molecular formula is C13H14N2O3. The predicted molar refractivity (Wildman–Crippen MR) is 64.2 cm³/mol. The minimum absolute atomic E-state index is 0.0263. The molecule has 0 spiro atoms. The van der Waals surface area contributed by atoms with E-state index < -0.39 is 0 Å². The third-order valence-corrected chi connectivity index (χ3v) is 3.62. The first-order valence-electron chi connectivity index (χ1n) is 5.95. The van der Waals surface area contributed by atoms with Crippen LogP contribution in [0.3, 0.4) is 0 Å². The van der Waals surface area contributed by atoms with Gasteiger partial charge in [-0.2, -0.15) is 0 Å². The van der Waals surface area contributed by atoms with Gasteiger partial charge in [0, 0.05) is 25.2 Å². The fourth-order valence-electron chi connectivity index (χ4n) is 2.72. The Balaban J connectivity index is 1.92. The van der Waals surface area contributed by atoms with Crippen LogP contribution in [-0.2, 0) is 4.74 Å². The highest BCUT2D eigenvalue weighted by molar-refractivity contribution is 5.99. The largest absolute Gasteiger partial charge is 0.453 e. The summed E-state index contributed by atoms with van der Waals surface area (Å²) in [5.74, 6) is 0.0696. The highest BCUT2D eigenvalue weighted by atomic mass is 16.5. The number of hydrogen-bond acceptors (Lipinski definition) is 3. The Kier molecular flexibility index (Phi) is 2.47. The molecule has 2 heterocycles. The molecule has 94 valence electrons. The van der Waals surface area contributed by atoms with Crippen molar-refractivity contribution in [3.05, 3.63) is 35.4 Å². The van der Waals surface area contributed by atoms with Crippen LogP contribution in [0.4, 0.5) is 4.79 Å². The van der Waals surface area contributed by atoms with E-state index in [0.717, 1.165) is 11.1 Å². The molecule has 1 aromatic rings. The lowest BCUT2D eigenvalue weighted by Crippen LogP contribution is -2.49. The second-order valence-corrected chi connectivity index (χ2v) is 4.52. The predicted octanol–water partition coefficient (Wildman–Crippen LogP) is 1.27. The van der Waals surface area contributed by atoms with E-state index in [1.807, 2.05) is 29.2 Å². The highest BCUT2D eigenvalue weighted by Crippen LogP contribution is 2.35. The first kappa shape index (κ1) is 11.1. The number of fused-ring (bicyclic) bond motifs is 3. The zero-order chi connectivity index (χ0) is 12.7. The summed E-state index contributed by atoms with van der Waals surface area (Å²) >= 11 is 0. The van der Waals surface area contributed by atoms with Gasteiger partial charge in [-0.3, -0.25) is 4.79 Å². The van der Waals surface area contributed by atoms with Gasteiger partial charge < -0.3 is 14.5 Å². The first-order valence-corrected chi connectivity index (χ1v) is 5.95. The number of hydrogen-bond donors (Lipinski definition) is 0. The molecule has 2 aliphatic heterocycles. The van der Waals surface area contributed by atoms with Crippen molar-refractivity contribution in [1.82, 2.24) is 9.80 Å². The van der Waals surface area contributed by atoms with Crippen molar-refractivity contribution in [2.24, 2.45) is 0 Å². The number of carbonyl (C=O) groups excluding carboxylic acids is 2.